The Morgan fingerprint density at radius 1 is 1.05 bits per heavy atom. The van der Waals surface area contributed by atoms with Crippen LogP contribution in [0, 0.1) is 14.9 Å². The molecule has 0 saturated carbocycles. The monoisotopic (exact) mass is 444 g/mol. The van der Waals surface area contributed by atoms with E-state index >= 15 is 0 Å². The number of benzene rings is 2. The average molecular weight is 446 g/mol. The third kappa shape index (κ3) is 4.15. The fourth-order valence-electron chi connectivity index (χ4n) is 1.68. The fourth-order valence-corrected chi connectivity index (χ4v) is 2.61. The summed E-state index contributed by atoms with van der Waals surface area (Å²) in [5.41, 5.74) is 7.51. The van der Waals surface area contributed by atoms with Crippen molar-refractivity contribution in [2.75, 3.05) is 5.73 Å². The van der Waals surface area contributed by atoms with Gasteiger partial charge in [-0.25, -0.2) is 0 Å². The van der Waals surface area contributed by atoms with Gasteiger partial charge in [0.05, 0.1) is 16.0 Å². The van der Waals surface area contributed by atoms with Gasteiger partial charge in [-0.05, 0) is 42.5 Å². The van der Waals surface area contributed by atoms with Gasteiger partial charge in [0.2, 0.25) is 0 Å². The van der Waals surface area contributed by atoms with Gasteiger partial charge in [0.25, 0.3) is 5.69 Å². The van der Waals surface area contributed by atoms with Crippen molar-refractivity contribution in [1.82, 2.24) is 9.97 Å². The molecule has 0 aliphatic heterocycles. The zero-order valence-corrected chi connectivity index (χ0v) is 15.0. The Bertz CT molecular complexity index is 891. The average Bonchev–Trinajstić information content (AvgIpc) is 2.81. The lowest BCUT2D eigenvalue weighted by Gasteiger charge is -1.95. The molecule has 0 unspecified atom stereocenters. The Balaban J connectivity index is 0.000000160. The van der Waals surface area contributed by atoms with Crippen LogP contribution >= 0.6 is 44.1 Å². The van der Waals surface area contributed by atoms with Crippen LogP contribution in [0.25, 0.3) is 11.0 Å². The number of aromatic amines is 2. The summed E-state index contributed by atoms with van der Waals surface area (Å²) in [7, 11) is 0. The largest absolute Gasteiger partial charge is 0.393 e. The maximum absolute atomic E-state index is 10.3. The first kappa shape index (κ1) is 16.7. The number of halogens is 2. The maximum atomic E-state index is 10.3. The van der Waals surface area contributed by atoms with Crippen LogP contribution in [-0.4, -0.2) is 14.9 Å². The number of H-pyrrole nitrogens is 2. The summed E-state index contributed by atoms with van der Waals surface area (Å²) in [4.78, 5) is 15.8. The van der Waals surface area contributed by atoms with Crippen molar-refractivity contribution in [1.29, 1.82) is 0 Å². The van der Waals surface area contributed by atoms with Crippen molar-refractivity contribution in [2.24, 2.45) is 0 Å². The van der Waals surface area contributed by atoms with Crippen LogP contribution in [0.1, 0.15) is 0 Å². The molecule has 0 fully saturated rings. The zero-order valence-electron chi connectivity index (χ0n) is 11.0. The van der Waals surface area contributed by atoms with E-state index < -0.39 is 4.92 Å². The molecule has 0 bridgehead atoms. The number of nitrogen functional groups attached to an aromatic ring is 1. The highest BCUT2D eigenvalue weighted by molar-refractivity contribution is 9.10. The summed E-state index contributed by atoms with van der Waals surface area (Å²) in [6, 6.07) is 10.5. The van der Waals surface area contributed by atoms with Crippen molar-refractivity contribution in [3.8, 4) is 0 Å². The lowest BCUT2D eigenvalue weighted by molar-refractivity contribution is -0.384. The van der Waals surface area contributed by atoms with E-state index in [1.807, 2.05) is 18.2 Å². The number of aromatic nitrogens is 2. The molecule has 6 nitrogen and oxygen atoms in total. The highest BCUT2D eigenvalue weighted by Crippen LogP contribution is 2.24. The molecule has 1 aromatic heterocycles. The zero-order chi connectivity index (χ0) is 16.3. The van der Waals surface area contributed by atoms with Gasteiger partial charge < -0.3 is 15.7 Å². The van der Waals surface area contributed by atoms with E-state index in [2.05, 4.69) is 41.8 Å². The summed E-state index contributed by atoms with van der Waals surface area (Å²) >= 11 is 11.4. The fraction of sp³-hybridized carbons (Fsp3) is 0. The van der Waals surface area contributed by atoms with Gasteiger partial charge in [-0.2, -0.15) is 0 Å². The predicted octanol–water partition coefficient (Wildman–Crippen LogP) is 4.93. The maximum Gasteiger partial charge on any atom is 0.293 e. The Morgan fingerprint density at radius 2 is 1.64 bits per heavy atom. The van der Waals surface area contributed by atoms with E-state index in [9.17, 15) is 10.1 Å². The molecular formula is C13H10Br2N4O2S. The van der Waals surface area contributed by atoms with Crippen molar-refractivity contribution in [3.63, 3.8) is 0 Å². The normalized spacial score (nSPS) is 10.1. The second-order valence-electron chi connectivity index (χ2n) is 4.23. The first-order valence-corrected chi connectivity index (χ1v) is 7.93. The van der Waals surface area contributed by atoms with Crippen LogP contribution in [0.4, 0.5) is 11.4 Å². The highest BCUT2D eigenvalue weighted by Gasteiger charge is 2.10. The minimum Gasteiger partial charge on any atom is -0.393 e. The van der Waals surface area contributed by atoms with Crippen LogP contribution in [0.15, 0.2) is 45.3 Å². The molecule has 0 aliphatic rings. The van der Waals surface area contributed by atoms with Crippen molar-refractivity contribution >= 4 is 66.5 Å². The summed E-state index contributed by atoms with van der Waals surface area (Å²) < 4.78 is 2.37. The van der Waals surface area contributed by atoms with Gasteiger partial charge in [-0.1, -0.05) is 31.9 Å². The molecule has 0 saturated heterocycles. The second-order valence-corrected chi connectivity index (χ2v) is 6.47. The number of hydrogen-bond donors (Lipinski definition) is 3. The molecule has 9 heteroatoms. The number of nitro groups is 1. The van der Waals surface area contributed by atoms with Gasteiger partial charge in [0, 0.05) is 15.0 Å². The first-order chi connectivity index (χ1) is 10.4. The van der Waals surface area contributed by atoms with E-state index in [-0.39, 0.29) is 11.4 Å². The SMILES string of the molecule is Nc1ccc(Br)cc1[N+](=O)[O-].S=c1[nH]c2ccc(Br)cc2[nH]1. The summed E-state index contributed by atoms with van der Waals surface area (Å²) in [6.07, 6.45) is 0. The quantitative estimate of drug-likeness (QED) is 0.214. The van der Waals surface area contributed by atoms with E-state index in [4.69, 9.17) is 18.0 Å². The molecule has 0 amide bonds. The minimum atomic E-state index is -0.514. The van der Waals surface area contributed by atoms with Crippen molar-refractivity contribution in [2.45, 2.75) is 0 Å². The number of anilines is 1. The Hall–Kier alpha value is -1.71. The van der Waals surface area contributed by atoms with Gasteiger partial charge in [-0.15, -0.1) is 0 Å². The number of imidazole rings is 1. The summed E-state index contributed by atoms with van der Waals surface area (Å²) in [5, 5.41) is 10.3. The van der Waals surface area contributed by atoms with E-state index in [1.54, 1.807) is 6.07 Å². The van der Waals surface area contributed by atoms with Crippen molar-refractivity contribution < 1.29 is 4.92 Å². The van der Waals surface area contributed by atoms with Gasteiger partial charge >= 0.3 is 0 Å². The van der Waals surface area contributed by atoms with Gasteiger partial charge in [0.1, 0.15) is 5.69 Å². The lowest BCUT2D eigenvalue weighted by Crippen LogP contribution is -1.94. The molecule has 22 heavy (non-hydrogen) atoms. The molecule has 4 N–H and O–H groups in total. The minimum absolute atomic E-state index is 0.0700. The van der Waals surface area contributed by atoms with Crippen LogP contribution < -0.4 is 5.73 Å². The molecule has 114 valence electrons. The molecule has 0 radical (unpaired) electrons. The molecule has 3 aromatic rings. The Morgan fingerprint density at radius 3 is 2.27 bits per heavy atom. The number of nitrogens with zero attached hydrogens (tertiary/aromatic N) is 1. The van der Waals surface area contributed by atoms with Crippen LogP contribution in [0.2, 0.25) is 0 Å². The number of rotatable bonds is 1. The molecule has 0 aliphatic carbocycles. The topological polar surface area (TPSA) is 101 Å². The molecular weight excluding hydrogens is 436 g/mol. The van der Waals surface area contributed by atoms with Crippen LogP contribution in [-0.2, 0) is 0 Å². The number of fused-ring (bicyclic) bond motifs is 1. The van der Waals surface area contributed by atoms with Crippen LogP contribution in [0.5, 0.6) is 0 Å². The van der Waals surface area contributed by atoms with Gasteiger partial charge in [0.15, 0.2) is 4.77 Å². The summed E-state index contributed by atoms with van der Waals surface area (Å²) in [5.74, 6) is 0. The Kier molecular flexibility index (Phi) is 5.33. The van der Waals surface area contributed by atoms with E-state index in [0.29, 0.717) is 9.24 Å². The van der Waals surface area contributed by atoms with Crippen LogP contribution in [0.3, 0.4) is 0 Å². The smallest absolute Gasteiger partial charge is 0.293 e. The van der Waals surface area contributed by atoms with E-state index in [0.717, 1.165) is 15.5 Å². The molecule has 2 aromatic carbocycles. The molecule has 0 spiro atoms. The highest BCUT2D eigenvalue weighted by atomic mass is 79.9. The number of hydrogen-bond acceptors (Lipinski definition) is 4. The van der Waals surface area contributed by atoms with Gasteiger partial charge in [-0.3, -0.25) is 10.1 Å². The first-order valence-electron chi connectivity index (χ1n) is 5.94. The standard InChI is InChI=1S/C7H5BrN2S.C6H5BrN2O2/c8-4-1-2-5-6(3-4)10-7(11)9-5;7-4-1-2-5(8)6(3-4)9(10)11/h1-3H,(H2,9,10,11);1-3H,8H2. The molecule has 1 heterocycles. The predicted molar refractivity (Wildman–Crippen MR) is 96.4 cm³/mol. The Labute approximate surface area is 147 Å². The molecule has 3 rings (SSSR count). The number of nitrogens with two attached hydrogens (primary N) is 1. The molecule has 0 atom stereocenters. The number of nitro benzene ring substituents is 1. The van der Waals surface area contributed by atoms with E-state index in [1.165, 1.54) is 12.1 Å². The third-order valence-electron chi connectivity index (χ3n) is 2.67. The second kappa shape index (κ2) is 7.03. The number of nitrogens with one attached hydrogen (secondary N) is 2. The third-order valence-corrected chi connectivity index (χ3v) is 3.86. The lowest BCUT2D eigenvalue weighted by atomic mass is 10.3. The van der Waals surface area contributed by atoms with Crippen molar-refractivity contribution in [3.05, 3.63) is 60.2 Å². The summed E-state index contributed by atoms with van der Waals surface area (Å²) in [6.45, 7) is 0.